The molecule has 0 radical (unpaired) electrons. The lowest BCUT2D eigenvalue weighted by atomic mass is 10.1. The van der Waals surface area contributed by atoms with Crippen LogP contribution in [0.4, 0.5) is 5.69 Å². The molecular weight excluding hydrogens is 280 g/mol. The van der Waals surface area contributed by atoms with E-state index in [0.717, 1.165) is 32.8 Å². The van der Waals surface area contributed by atoms with E-state index in [1.807, 2.05) is 49.6 Å². The number of rotatable bonds is 4. The van der Waals surface area contributed by atoms with Crippen LogP contribution in [0.3, 0.4) is 0 Å². The number of nitrogens with one attached hydrogen (secondary N) is 1. The Morgan fingerprint density at radius 1 is 1.10 bits per heavy atom. The lowest BCUT2D eigenvalue weighted by molar-refractivity contribution is 0.481. The quantitative estimate of drug-likeness (QED) is 0.706. The fourth-order valence-electron chi connectivity index (χ4n) is 2.25. The smallest absolute Gasteiger partial charge is 0.123 e. The Morgan fingerprint density at radius 3 is 2.71 bits per heavy atom. The molecular formula is C17H16N2OS. The summed E-state index contributed by atoms with van der Waals surface area (Å²) in [6.07, 6.45) is 1.82. The van der Waals surface area contributed by atoms with Gasteiger partial charge in [0, 0.05) is 35.0 Å². The Balaban J connectivity index is 1.87. The Hall–Kier alpha value is -2.20. The number of phenols is 1. The minimum atomic E-state index is 0.324. The number of nitrogens with zero attached hydrogens (tertiary/aromatic N) is 1. The molecule has 1 aromatic heterocycles. The normalized spacial score (nSPS) is 10.7. The molecule has 0 spiro atoms. The van der Waals surface area contributed by atoms with Gasteiger partial charge in [0.15, 0.2) is 0 Å². The number of hydrogen-bond donors (Lipinski definition) is 2. The highest BCUT2D eigenvalue weighted by atomic mass is 32.2. The van der Waals surface area contributed by atoms with Crippen LogP contribution in [0.1, 0.15) is 5.69 Å². The van der Waals surface area contributed by atoms with Crippen molar-refractivity contribution in [1.82, 2.24) is 4.98 Å². The van der Waals surface area contributed by atoms with Crippen molar-refractivity contribution in [3.63, 3.8) is 0 Å². The molecule has 2 aromatic carbocycles. The van der Waals surface area contributed by atoms with Crippen molar-refractivity contribution < 1.29 is 5.11 Å². The summed E-state index contributed by atoms with van der Waals surface area (Å²) in [5.74, 6) is 1.12. The highest BCUT2D eigenvalue weighted by Gasteiger charge is 2.06. The molecule has 0 saturated carbocycles. The van der Waals surface area contributed by atoms with E-state index in [1.165, 1.54) is 0 Å². The van der Waals surface area contributed by atoms with Gasteiger partial charge in [-0.05, 0) is 29.7 Å². The summed E-state index contributed by atoms with van der Waals surface area (Å²) in [6, 6.07) is 15.6. The maximum absolute atomic E-state index is 9.92. The number of anilines is 1. The molecule has 4 heteroatoms. The molecule has 0 saturated heterocycles. The second kappa shape index (κ2) is 6.06. The number of thioether (sulfide) groups is 1. The van der Waals surface area contributed by atoms with E-state index >= 15 is 0 Å². The first-order valence-corrected chi connectivity index (χ1v) is 7.72. The molecule has 0 aliphatic heterocycles. The van der Waals surface area contributed by atoms with Gasteiger partial charge in [-0.15, -0.1) is 11.8 Å². The molecule has 0 aliphatic rings. The van der Waals surface area contributed by atoms with Gasteiger partial charge in [-0.2, -0.15) is 0 Å². The molecule has 1 heterocycles. The van der Waals surface area contributed by atoms with E-state index in [2.05, 4.69) is 16.4 Å². The third-order valence-electron chi connectivity index (χ3n) is 3.34. The van der Waals surface area contributed by atoms with Gasteiger partial charge in [0.05, 0.1) is 5.69 Å². The van der Waals surface area contributed by atoms with Crippen LogP contribution >= 0.6 is 11.8 Å². The third-order valence-corrected chi connectivity index (χ3v) is 4.45. The summed E-state index contributed by atoms with van der Waals surface area (Å²) >= 11 is 1.73. The Bertz CT molecular complexity index is 774. The molecule has 0 aliphatic carbocycles. The van der Waals surface area contributed by atoms with Crippen molar-refractivity contribution in [2.45, 2.75) is 10.6 Å². The zero-order chi connectivity index (χ0) is 14.7. The molecule has 0 bridgehead atoms. The van der Waals surface area contributed by atoms with Gasteiger partial charge in [0.1, 0.15) is 5.75 Å². The zero-order valence-corrected chi connectivity index (χ0v) is 12.5. The zero-order valence-electron chi connectivity index (χ0n) is 11.7. The number of hydrogen-bond acceptors (Lipinski definition) is 4. The third kappa shape index (κ3) is 2.95. The lowest BCUT2D eigenvalue weighted by Gasteiger charge is -2.08. The topological polar surface area (TPSA) is 45.2 Å². The average Bonchev–Trinajstić information content (AvgIpc) is 2.55. The predicted octanol–water partition coefficient (Wildman–Crippen LogP) is 4.27. The van der Waals surface area contributed by atoms with Crippen LogP contribution in [0.15, 0.2) is 59.6 Å². The summed E-state index contributed by atoms with van der Waals surface area (Å²) in [4.78, 5) is 5.54. The number of phenolic OH excluding ortho intramolecular Hbond substituents is 1. The van der Waals surface area contributed by atoms with Crippen molar-refractivity contribution in [3.05, 3.63) is 60.4 Å². The molecule has 0 atom stereocenters. The van der Waals surface area contributed by atoms with Crippen LogP contribution in [-0.2, 0) is 5.75 Å². The molecule has 0 amide bonds. The first-order chi connectivity index (χ1) is 10.3. The van der Waals surface area contributed by atoms with Crippen LogP contribution in [0.5, 0.6) is 5.75 Å². The molecule has 0 unspecified atom stereocenters. The summed E-state index contributed by atoms with van der Waals surface area (Å²) in [5, 5.41) is 15.0. The van der Waals surface area contributed by atoms with E-state index in [0.29, 0.717) is 5.75 Å². The summed E-state index contributed by atoms with van der Waals surface area (Å²) in [5.41, 5.74) is 2.10. The Kier molecular flexibility index (Phi) is 3.97. The first kappa shape index (κ1) is 13.8. The molecule has 2 N–H and O–H groups in total. The molecule has 0 fully saturated rings. The SMILES string of the molecule is CNc1ccnc(CSc2ccc(O)c3ccccc23)c1. The number of aromatic hydroxyl groups is 1. The van der Waals surface area contributed by atoms with Crippen molar-refractivity contribution in [2.24, 2.45) is 0 Å². The van der Waals surface area contributed by atoms with E-state index in [1.54, 1.807) is 17.8 Å². The fourth-order valence-corrected chi connectivity index (χ4v) is 3.20. The summed E-state index contributed by atoms with van der Waals surface area (Å²) in [6.45, 7) is 0. The number of fused-ring (bicyclic) bond motifs is 1. The van der Waals surface area contributed by atoms with Crippen LogP contribution in [0, 0.1) is 0 Å². The minimum Gasteiger partial charge on any atom is -0.507 e. The molecule has 106 valence electrons. The van der Waals surface area contributed by atoms with Crippen molar-refractivity contribution in [2.75, 3.05) is 12.4 Å². The van der Waals surface area contributed by atoms with E-state index < -0.39 is 0 Å². The highest BCUT2D eigenvalue weighted by molar-refractivity contribution is 7.98. The van der Waals surface area contributed by atoms with Gasteiger partial charge in [0.25, 0.3) is 0 Å². The average molecular weight is 296 g/mol. The second-order valence-electron chi connectivity index (χ2n) is 4.70. The van der Waals surface area contributed by atoms with Crippen LogP contribution in [-0.4, -0.2) is 17.1 Å². The summed E-state index contributed by atoms with van der Waals surface area (Å²) < 4.78 is 0. The van der Waals surface area contributed by atoms with Crippen LogP contribution in [0.25, 0.3) is 10.8 Å². The Morgan fingerprint density at radius 2 is 1.90 bits per heavy atom. The van der Waals surface area contributed by atoms with E-state index in [9.17, 15) is 5.11 Å². The highest BCUT2D eigenvalue weighted by Crippen LogP contribution is 2.34. The number of aromatic nitrogens is 1. The summed E-state index contributed by atoms with van der Waals surface area (Å²) in [7, 11) is 1.90. The minimum absolute atomic E-state index is 0.324. The lowest BCUT2D eigenvalue weighted by Crippen LogP contribution is -1.92. The van der Waals surface area contributed by atoms with Gasteiger partial charge < -0.3 is 10.4 Å². The molecule has 3 nitrogen and oxygen atoms in total. The first-order valence-electron chi connectivity index (χ1n) is 6.74. The van der Waals surface area contributed by atoms with Crippen LogP contribution in [0.2, 0.25) is 0 Å². The standard InChI is InChI=1S/C17H16N2OS/c1-18-12-8-9-19-13(10-12)11-21-17-7-6-16(20)14-4-2-3-5-15(14)17/h2-10,20H,11H2,1H3,(H,18,19). The monoisotopic (exact) mass is 296 g/mol. The maximum atomic E-state index is 9.92. The number of benzene rings is 2. The van der Waals surface area contributed by atoms with Gasteiger partial charge >= 0.3 is 0 Å². The largest absolute Gasteiger partial charge is 0.507 e. The molecule has 3 rings (SSSR count). The van der Waals surface area contributed by atoms with Gasteiger partial charge in [0.2, 0.25) is 0 Å². The van der Waals surface area contributed by atoms with Crippen molar-refractivity contribution in [1.29, 1.82) is 0 Å². The van der Waals surface area contributed by atoms with Gasteiger partial charge in [-0.3, -0.25) is 4.98 Å². The Labute approximate surface area is 128 Å². The van der Waals surface area contributed by atoms with Crippen LogP contribution < -0.4 is 5.32 Å². The molecule has 3 aromatic rings. The molecule has 21 heavy (non-hydrogen) atoms. The van der Waals surface area contributed by atoms with E-state index in [4.69, 9.17) is 0 Å². The maximum Gasteiger partial charge on any atom is 0.123 e. The van der Waals surface area contributed by atoms with Gasteiger partial charge in [-0.25, -0.2) is 0 Å². The van der Waals surface area contributed by atoms with Crippen molar-refractivity contribution >= 4 is 28.2 Å². The predicted molar refractivity (Wildman–Crippen MR) is 89.0 cm³/mol. The fraction of sp³-hybridized carbons (Fsp3) is 0.118. The van der Waals surface area contributed by atoms with E-state index in [-0.39, 0.29) is 0 Å². The van der Waals surface area contributed by atoms with Crippen molar-refractivity contribution in [3.8, 4) is 5.75 Å². The second-order valence-corrected chi connectivity index (χ2v) is 5.72. The number of pyridine rings is 1. The van der Waals surface area contributed by atoms with Gasteiger partial charge in [-0.1, -0.05) is 24.3 Å².